The molecule has 33 heavy (non-hydrogen) atoms. The van der Waals surface area contributed by atoms with Crippen molar-refractivity contribution < 1.29 is 14.3 Å². The molecular formula is C23H30N6O3S. The molecule has 0 aliphatic carbocycles. The molecule has 0 saturated carbocycles. The highest BCUT2D eigenvalue weighted by Gasteiger charge is 2.28. The highest BCUT2D eigenvalue weighted by Crippen LogP contribution is 2.30. The van der Waals surface area contributed by atoms with Crippen molar-refractivity contribution in [1.29, 1.82) is 0 Å². The minimum atomic E-state index is -0.0904. The third-order valence-electron chi connectivity index (χ3n) is 6.37. The number of aromatic nitrogens is 4. The summed E-state index contributed by atoms with van der Waals surface area (Å²) < 4.78 is 7.15. The number of anilines is 1. The van der Waals surface area contributed by atoms with E-state index in [4.69, 9.17) is 9.72 Å². The Bertz CT molecular complexity index is 1190. The van der Waals surface area contributed by atoms with Gasteiger partial charge in [-0.3, -0.25) is 9.59 Å². The van der Waals surface area contributed by atoms with Gasteiger partial charge in [0.25, 0.3) is 0 Å². The van der Waals surface area contributed by atoms with Gasteiger partial charge in [-0.05, 0) is 51.2 Å². The monoisotopic (exact) mass is 470 g/mol. The lowest BCUT2D eigenvalue weighted by molar-refractivity contribution is -0.134. The van der Waals surface area contributed by atoms with Crippen LogP contribution in [0.15, 0.2) is 5.38 Å². The molecule has 1 fully saturated rings. The summed E-state index contributed by atoms with van der Waals surface area (Å²) in [5, 5.41) is 10.7. The van der Waals surface area contributed by atoms with Crippen LogP contribution in [-0.4, -0.2) is 56.7 Å². The van der Waals surface area contributed by atoms with E-state index in [1.807, 2.05) is 38.1 Å². The number of rotatable bonds is 6. The van der Waals surface area contributed by atoms with Crippen molar-refractivity contribution in [1.82, 2.24) is 24.6 Å². The molecular weight excluding hydrogens is 440 g/mol. The van der Waals surface area contributed by atoms with E-state index >= 15 is 0 Å². The van der Waals surface area contributed by atoms with Gasteiger partial charge >= 0.3 is 0 Å². The maximum Gasteiger partial charge on any atom is 0.242 e. The molecule has 3 aromatic heterocycles. The molecule has 1 aliphatic heterocycles. The summed E-state index contributed by atoms with van der Waals surface area (Å²) in [5.41, 5.74) is 4.71. The van der Waals surface area contributed by atoms with E-state index in [1.54, 1.807) is 11.8 Å². The Morgan fingerprint density at radius 1 is 1.21 bits per heavy atom. The number of hydrogen-bond donors (Lipinski definition) is 1. The van der Waals surface area contributed by atoms with E-state index in [2.05, 4.69) is 15.4 Å². The average molecular weight is 471 g/mol. The molecule has 4 heterocycles. The van der Waals surface area contributed by atoms with Gasteiger partial charge in [-0.25, -0.2) is 14.6 Å². The molecule has 2 amide bonds. The number of thiazole rings is 1. The lowest BCUT2D eigenvalue weighted by Gasteiger charge is -2.31. The van der Waals surface area contributed by atoms with Gasteiger partial charge in [0.2, 0.25) is 17.7 Å². The first-order valence-corrected chi connectivity index (χ1v) is 12.0. The molecule has 4 rings (SSSR count). The molecule has 0 atom stereocenters. The summed E-state index contributed by atoms with van der Waals surface area (Å²) in [5.74, 6) is 0.569. The summed E-state index contributed by atoms with van der Waals surface area (Å²) in [6.45, 7) is 7.11. The molecule has 0 unspecified atom stereocenters. The van der Waals surface area contributed by atoms with Gasteiger partial charge in [0.05, 0.1) is 18.2 Å². The van der Waals surface area contributed by atoms with Crippen LogP contribution in [0.25, 0.3) is 11.0 Å². The number of methoxy groups -OCH3 is 1. The van der Waals surface area contributed by atoms with Crippen LogP contribution in [0.4, 0.5) is 5.13 Å². The second kappa shape index (κ2) is 9.46. The van der Waals surface area contributed by atoms with Crippen molar-refractivity contribution >= 4 is 39.3 Å². The quantitative estimate of drug-likeness (QED) is 0.594. The number of carbonyl (C=O) groups is 2. The minimum Gasteiger partial charge on any atom is -0.479 e. The summed E-state index contributed by atoms with van der Waals surface area (Å²) in [4.78, 5) is 36.3. The van der Waals surface area contributed by atoms with Crippen LogP contribution in [-0.2, 0) is 23.1 Å². The second-order valence-corrected chi connectivity index (χ2v) is 9.43. The molecule has 10 heteroatoms. The van der Waals surface area contributed by atoms with Crippen LogP contribution >= 0.6 is 11.3 Å². The van der Waals surface area contributed by atoms with Crippen LogP contribution in [0, 0.1) is 26.7 Å². The van der Waals surface area contributed by atoms with E-state index in [1.165, 1.54) is 11.3 Å². The van der Waals surface area contributed by atoms with Crippen LogP contribution < -0.4 is 10.1 Å². The largest absolute Gasteiger partial charge is 0.479 e. The fourth-order valence-electron chi connectivity index (χ4n) is 4.51. The Hall–Kier alpha value is -3.01. The van der Waals surface area contributed by atoms with E-state index < -0.39 is 0 Å². The number of likely N-dealkylation sites (tertiary alicyclic amines) is 1. The highest BCUT2D eigenvalue weighted by atomic mass is 32.1. The van der Waals surface area contributed by atoms with E-state index in [0.29, 0.717) is 49.8 Å². The van der Waals surface area contributed by atoms with Gasteiger partial charge in [0.15, 0.2) is 10.8 Å². The number of amides is 2. The Balaban J connectivity index is 1.35. The number of carbonyl (C=O) groups excluding carboxylic acids is 2. The van der Waals surface area contributed by atoms with Crippen molar-refractivity contribution in [2.45, 2.75) is 46.5 Å². The second-order valence-electron chi connectivity index (χ2n) is 8.57. The van der Waals surface area contributed by atoms with Crippen LogP contribution in [0.5, 0.6) is 5.88 Å². The van der Waals surface area contributed by atoms with Gasteiger partial charge in [-0.15, -0.1) is 16.4 Å². The lowest BCUT2D eigenvalue weighted by Crippen LogP contribution is -2.41. The molecule has 1 N–H and O–H groups in total. The van der Waals surface area contributed by atoms with Crippen LogP contribution in [0.3, 0.4) is 0 Å². The molecule has 0 bridgehead atoms. The third kappa shape index (κ3) is 4.71. The summed E-state index contributed by atoms with van der Waals surface area (Å²) >= 11 is 1.43. The lowest BCUT2D eigenvalue weighted by atomic mass is 9.95. The van der Waals surface area contributed by atoms with Crippen LogP contribution in [0.2, 0.25) is 0 Å². The Morgan fingerprint density at radius 3 is 2.58 bits per heavy atom. The first-order chi connectivity index (χ1) is 15.8. The summed E-state index contributed by atoms with van der Waals surface area (Å²) in [6.07, 6.45) is 2.36. The number of aryl methyl sites for hydroxylation is 4. The van der Waals surface area contributed by atoms with Crippen molar-refractivity contribution in [2.75, 3.05) is 25.5 Å². The third-order valence-corrected chi connectivity index (χ3v) is 7.25. The Kier molecular flexibility index (Phi) is 6.64. The maximum atomic E-state index is 12.9. The van der Waals surface area contributed by atoms with Crippen molar-refractivity contribution in [2.24, 2.45) is 13.0 Å². The van der Waals surface area contributed by atoms with Crippen molar-refractivity contribution in [3.05, 3.63) is 27.9 Å². The predicted molar refractivity (Wildman–Crippen MR) is 128 cm³/mol. The molecule has 1 saturated heterocycles. The number of nitrogens with one attached hydrogen (secondary N) is 1. The first kappa shape index (κ1) is 23.2. The minimum absolute atomic E-state index is 0.00695. The standard InChI is InChI=1S/C23H30N6O3S/c1-13-12-33-23(24-13)26-21(31)16-8-10-29(11-9-16)18(30)7-6-17-14(2)19-20(25-15(17)3)28(4)27-22(19)32-5/h12,16H,6-11H2,1-5H3,(H,24,26,31). The van der Waals surface area contributed by atoms with E-state index in [-0.39, 0.29) is 17.7 Å². The fourth-order valence-corrected chi connectivity index (χ4v) is 5.20. The number of nitrogens with zero attached hydrogens (tertiary/aromatic N) is 5. The molecule has 9 nitrogen and oxygen atoms in total. The predicted octanol–water partition coefficient (Wildman–Crippen LogP) is 3.17. The zero-order chi connectivity index (χ0) is 23.7. The Morgan fingerprint density at radius 2 is 1.94 bits per heavy atom. The molecule has 0 aromatic carbocycles. The number of fused-ring (bicyclic) bond motifs is 1. The van der Waals surface area contributed by atoms with Gasteiger partial charge in [-0.2, -0.15) is 0 Å². The zero-order valence-electron chi connectivity index (χ0n) is 19.8. The zero-order valence-corrected chi connectivity index (χ0v) is 20.6. The molecule has 176 valence electrons. The SMILES string of the molecule is COc1nn(C)c2nc(C)c(CCC(=O)N3CCC(C(=O)Nc4nc(C)cs4)CC3)c(C)c12. The summed E-state index contributed by atoms with van der Waals surface area (Å²) in [6, 6.07) is 0. The van der Waals surface area contributed by atoms with Crippen molar-refractivity contribution in [3.63, 3.8) is 0 Å². The number of piperidine rings is 1. The molecule has 3 aromatic rings. The molecule has 0 spiro atoms. The fraction of sp³-hybridized carbons (Fsp3) is 0.522. The topological polar surface area (TPSA) is 102 Å². The Labute approximate surface area is 197 Å². The first-order valence-electron chi connectivity index (χ1n) is 11.2. The van der Waals surface area contributed by atoms with E-state index in [9.17, 15) is 9.59 Å². The van der Waals surface area contributed by atoms with E-state index in [0.717, 1.165) is 33.5 Å². The molecule has 1 aliphatic rings. The van der Waals surface area contributed by atoms with Gasteiger partial charge in [0.1, 0.15) is 0 Å². The van der Waals surface area contributed by atoms with Gasteiger partial charge in [0, 0.05) is 43.5 Å². The maximum absolute atomic E-state index is 12.9. The summed E-state index contributed by atoms with van der Waals surface area (Å²) in [7, 11) is 3.45. The normalized spacial score (nSPS) is 14.6. The van der Waals surface area contributed by atoms with Crippen LogP contribution in [0.1, 0.15) is 41.8 Å². The molecule has 0 radical (unpaired) electrons. The van der Waals surface area contributed by atoms with Gasteiger partial charge < -0.3 is 15.0 Å². The number of hydrogen-bond acceptors (Lipinski definition) is 7. The smallest absolute Gasteiger partial charge is 0.242 e. The van der Waals surface area contributed by atoms with Crippen molar-refractivity contribution in [3.8, 4) is 5.88 Å². The average Bonchev–Trinajstić information content (AvgIpc) is 3.35. The number of ether oxygens (including phenoxy) is 1. The highest BCUT2D eigenvalue weighted by molar-refractivity contribution is 7.13. The van der Waals surface area contributed by atoms with Gasteiger partial charge in [-0.1, -0.05) is 0 Å². The number of pyridine rings is 1.